The molecule has 3 aromatic carbocycles. The van der Waals surface area contributed by atoms with Crippen LogP contribution in [0.1, 0.15) is 45.7 Å². The van der Waals surface area contributed by atoms with Gasteiger partial charge in [0.2, 0.25) is 0 Å². The van der Waals surface area contributed by atoms with E-state index in [9.17, 15) is 0 Å². The maximum absolute atomic E-state index is 6.78. The Morgan fingerprint density at radius 1 is 0.500 bits per heavy atom. The van der Waals surface area contributed by atoms with Crippen molar-refractivity contribution in [2.75, 3.05) is 0 Å². The van der Waals surface area contributed by atoms with Crippen LogP contribution in [0.5, 0.6) is 0 Å². The van der Waals surface area contributed by atoms with Gasteiger partial charge in [0.25, 0.3) is 0 Å². The predicted molar refractivity (Wildman–Crippen MR) is 149 cm³/mol. The van der Waals surface area contributed by atoms with Crippen molar-refractivity contribution in [1.29, 1.82) is 0 Å². The first-order valence-electron chi connectivity index (χ1n) is 10.9. The van der Waals surface area contributed by atoms with E-state index in [1.807, 2.05) is 54.6 Å². The summed E-state index contributed by atoms with van der Waals surface area (Å²) in [6.45, 7) is 0. The third kappa shape index (κ3) is 3.77. The molecule has 0 N–H and O–H groups in total. The fourth-order valence-corrected chi connectivity index (χ4v) is 6.59. The fourth-order valence-electron chi connectivity index (χ4n) is 4.68. The molecule has 1 aromatic heterocycles. The Kier molecular flexibility index (Phi) is 6.28. The van der Waals surface area contributed by atoms with E-state index in [0.717, 1.165) is 16.7 Å². The lowest BCUT2D eigenvalue weighted by Gasteiger charge is -2.18. The van der Waals surface area contributed by atoms with E-state index in [-0.39, 0.29) is 0 Å². The van der Waals surface area contributed by atoms with Gasteiger partial charge in [-0.1, -0.05) is 124 Å². The smallest absolute Gasteiger partial charge is 0.163 e. The molecule has 6 rings (SSSR count). The number of nitrogens with zero attached hydrogens (tertiary/aromatic N) is 3. The van der Waals surface area contributed by atoms with Crippen molar-refractivity contribution >= 4 is 79.7 Å². The Balaban J connectivity index is 1.60. The molecule has 178 valence electrons. The number of allylic oxidation sites excluding steroid dienone is 2. The summed E-state index contributed by atoms with van der Waals surface area (Å²) in [5.74, 6) is 0.298. The standard InChI is InChI=1S/C27H13Cl6N3/c28-15-10-4-8-13-17(15)21(30)23(32)19(13)26-34-25(12-6-2-1-3-7-12)35-27(36-26)20-14-9-5-11-16(29)18(14)22(31)24(20)33/h1-11,19-20H. The van der Waals surface area contributed by atoms with Crippen molar-refractivity contribution in [1.82, 2.24) is 15.0 Å². The minimum Gasteiger partial charge on any atom is -0.216 e. The average molecular weight is 592 g/mol. The molecular formula is C27H13Cl6N3. The molecule has 4 aromatic rings. The molecule has 0 radical (unpaired) electrons. The van der Waals surface area contributed by atoms with Crippen LogP contribution in [0.15, 0.2) is 76.8 Å². The van der Waals surface area contributed by atoms with Crippen LogP contribution < -0.4 is 0 Å². The van der Waals surface area contributed by atoms with Gasteiger partial charge in [0.05, 0.1) is 32.0 Å². The average Bonchev–Trinajstić information content (AvgIpc) is 3.30. The Morgan fingerprint density at radius 2 is 0.972 bits per heavy atom. The van der Waals surface area contributed by atoms with Crippen LogP contribution in [0, 0.1) is 0 Å². The monoisotopic (exact) mass is 589 g/mol. The summed E-state index contributed by atoms with van der Waals surface area (Å²) in [5.41, 5.74) is 3.82. The summed E-state index contributed by atoms with van der Waals surface area (Å²) >= 11 is 39.7. The molecule has 2 atom stereocenters. The van der Waals surface area contributed by atoms with Gasteiger partial charge in [0.1, 0.15) is 11.6 Å². The third-order valence-electron chi connectivity index (χ3n) is 6.30. The lowest BCUT2D eigenvalue weighted by molar-refractivity contribution is 0.784. The van der Waals surface area contributed by atoms with Crippen LogP contribution in [-0.2, 0) is 0 Å². The zero-order valence-corrected chi connectivity index (χ0v) is 22.7. The van der Waals surface area contributed by atoms with Crippen molar-refractivity contribution < 1.29 is 0 Å². The first kappa shape index (κ1) is 24.2. The Labute approximate surface area is 237 Å². The summed E-state index contributed by atoms with van der Waals surface area (Å²) in [7, 11) is 0. The van der Waals surface area contributed by atoms with Crippen LogP contribution in [0.3, 0.4) is 0 Å². The number of fused-ring (bicyclic) bond motifs is 2. The van der Waals surface area contributed by atoms with E-state index < -0.39 is 11.8 Å². The largest absolute Gasteiger partial charge is 0.216 e. The lowest BCUT2D eigenvalue weighted by Crippen LogP contribution is -2.13. The normalized spacial score (nSPS) is 18.6. The summed E-state index contributed by atoms with van der Waals surface area (Å²) < 4.78 is 0. The second kappa shape index (κ2) is 9.33. The summed E-state index contributed by atoms with van der Waals surface area (Å²) in [5, 5.41) is 2.56. The second-order valence-corrected chi connectivity index (χ2v) is 10.7. The Hall–Kier alpha value is -2.11. The SMILES string of the molecule is ClC1=C(Cl)C(c2nc(-c3ccccc3)nc(C3C(Cl)=C(Cl)c4c(Cl)cccc43)n2)c2cccc(Cl)c21. The van der Waals surface area contributed by atoms with Crippen LogP contribution in [0.2, 0.25) is 10.0 Å². The van der Waals surface area contributed by atoms with Crippen molar-refractivity contribution in [3.05, 3.63) is 121 Å². The third-order valence-corrected chi connectivity index (χ3v) is 8.72. The fraction of sp³-hybridized carbons (Fsp3) is 0.0741. The number of hydrogen-bond donors (Lipinski definition) is 0. The Morgan fingerprint density at radius 3 is 1.44 bits per heavy atom. The molecule has 0 bridgehead atoms. The van der Waals surface area contributed by atoms with Gasteiger partial charge in [-0.05, 0) is 23.3 Å². The zero-order chi connectivity index (χ0) is 25.1. The molecule has 2 aliphatic carbocycles. The number of benzene rings is 3. The van der Waals surface area contributed by atoms with E-state index in [0.29, 0.717) is 58.8 Å². The molecular weight excluding hydrogens is 579 g/mol. The maximum Gasteiger partial charge on any atom is 0.163 e. The van der Waals surface area contributed by atoms with Gasteiger partial charge >= 0.3 is 0 Å². The van der Waals surface area contributed by atoms with E-state index in [4.69, 9.17) is 84.6 Å². The van der Waals surface area contributed by atoms with Gasteiger partial charge in [-0.2, -0.15) is 0 Å². The van der Waals surface area contributed by atoms with Crippen molar-refractivity contribution in [3.63, 3.8) is 0 Å². The van der Waals surface area contributed by atoms with Gasteiger partial charge < -0.3 is 0 Å². The van der Waals surface area contributed by atoms with Gasteiger partial charge in [0.15, 0.2) is 5.82 Å². The summed E-state index contributed by atoms with van der Waals surface area (Å²) in [6, 6.07) is 20.7. The minimum atomic E-state index is -0.518. The summed E-state index contributed by atoms with van der Waals surface area (Å²) in [4.78, 5) is 14.5. The number of rotatable bonds is 3. The molecule has 0 aliphatic heterocycles. The molecule has 2 aliphatic rings. The molecule has 3 nitrogen and oxygen atoms in total. The lowest BCUT2D eigenvalue weighted by atomic mass is 9.97. The first-order valence-corrected chi connectivity index (χ1v) is 13.1. The molecule has 36 heavy (non-hydrogen) atoms. The predicted octanol–water partition coefficient (Wildman–Crippen LogP) is 9.43. The molecule has 0 fully saturated rings. The van der Waals surface area contributed by atoms with Gasteiger partial charge in [-0.25, -0.2) is 15.0 Å². The highest BCUT2D eigenvalue weighted by molar-refractivity contribution is 6.58. The van der Waals surface area contributed by atoms with Crippen molar-refractivity contribution in [3.8, 4) is 11.4 Å². The summed E-state index contributed by atoms with van der Waals surface area (Å²) in [6.07, 6.45) is 0. The van der Waals surface area contributed by atoms with Crippen molar-refractivity contribution in [2.24, 2.45) is 0 Å². The molecule has 0 saturated heterocycles. The van der Waals surface area contributed by atoms with E-state index >= 15 is 0 Å². The number of aromatic nitrogens is 3. The van der Waals surface area contributed by atoms with E-state index in [1.165, 1.54) is 0 Å². The van der Waals surface area contributed by atoms with Gasteiger partial charge in [-0.15, -0.1) is 0 Å². The topological polar surface area (TPSA) is 38.7 Å². The highest BCUT2D eigenvalue weighted by Crippen LogP contribution is 2.53. The van der Waals surface area contributed by atoms with Crippen LogP contribution >= 0.6 is 69.6 Å². The van der Waals surface area contributed by atoms with Crippen LogP contribution in [0.4, 0.5) is 0 Å². The Bertz CT molecular complexity index is 1520. The van der Waals surface area contributed by atoms with E-state index in [2.05, 4.69) is 0 Å². The molecule has 0 amide bonds. The van der Waals surface area contributed by atoms with Crippen LogP contribution in [-0.4, -0.2) is 15.0 Å². The van der Waals surface area contributed by atoms with Crippen LogP contribution in [0.25, 0.3) is 21.5 Å². The highest BCUT2D eigenvalue weighted by Gasteiger charge is 2.38. The van der Waals surface area contributed by atoms with Crippen molar-refractivity contribution in [2.45, 2.75) is 11.8 Å². The molecule has 1 heterocycles. The highest BCUT2D eigenvalue weighted by atomic mass is 35.5. The molecule has 0 spiro atoms. The van der Waals surface area contributed by atoms with Gasteiger partial charge in [-0.3, -0.25) is 0 Å². The second-order valence-electron chi connectivity index (χ2n) is 8.34. The van der Waals surface area contributed by atoms with Gasteiger partial charge in [0, 0.05) is 26.7 Å². The molecule has 9 heteroatoms. The minimum absolute atomic E-state index is 0.379. The maximum atomic E-state index is 6.78. The molecule has 0 saturated carbocycles. The zero-order valence-electron chi connectivity index (χ0n) is 18.1. The molecule has 2 unspecified atom stereocenters. The quantitative estimate of drug-likeness (QED) is 0.238. The number of hydrogen-bond acceptors (Lipinski definition) is 3. The number of halogens is 6. The van der Waals surface area contributed by atoms with E-state index in [1.54, 1.807) is 12.1 Å². The first-order chi connectivity index (χ1) is 17.4.